The van der Waals surface area contributed by atoms with Gasteiger partial charge in [-0.25, -0.2) is 0 Å². The van der Waals surface area contributed by atoms with Gasteiger partial charge in [-0.1, -0.05) is 48.5 Å². The highest BCUT2D eigenvalue weighted by Gasteiger charge is 2.13. The molecule has 0 radical (unpaired) electrons. The Morgan fingerprint density at radius 1 is 1.21 bits per heavy atom. The van der Waals surface area contributed by atoms with E-state index in [9.17, 15) is 4.79 Å². The van der Waals surface area contributed by atoms with Crippen LogP contribution in [0.5, 0.6) is 5.75 Å². The summed E-state index contributed by atoms with van der Waals surface area (Å²) < 4.78 is 7.63. The van der Waals surface area contributed by atoms with Gasteiger partial charge >= 0.3 is 0 Å². The molecule has 0 aliphatic carbocycles. The number of amides is 1. The maximum absolute atomic E-state index is 12.3. The predicted octanol–water partition coefficient (Wildman–Crippen LogP) is 4.65. The zero-order valence-corrected chi connectivity index (χ0v) is 18.2. The van der Waals surface area contributed by atoms with E-state index in [0.717, 1.165) is 17.7 Å². The van der Waals surface area contributed by atoms with Crippen molar-refractivity contribution in [1.29, 1.82) is 0 Å². The minimum atomic E-state index is -0.128. The van der Waals surface area contributed by atoms with Crippen molar-refractivity contribution in [2.45, 2.75) is 32.0 Å². The first-order chi connectivity index (χ1) is 14.0. The number of hydrogen-bond donors (Lipinski definition) is 1. The standard InChI is InChI=1S/C21H23ClN4O2S/c1-4-15-8-10-16(11-9-15)28-12-19-24-25-21(26(19)3)29-13-20(27)23-18-7-5-6-17(22)14(18)2/h5-11H,4,12-13H2,1-3H3,(H,23,27). The van der Waals surface area contributed by atoms with Crippen LogP contribution in [-0.4, -0.2) is 26.4 Å². The highest BCUT2D eigenvalue weighted by Crippen LogP contribution is 2.24. The van der Waals surface area contributed by atoms with Crippen molar-refractivity contribution in [3.63, 3.8) is 0 Å². The summed E-state index contributed by atoms with van der Waals surface area (Å²) in [6.07, 6.45) is 0.995. The van der Waals surface area contributed by atoms with Gasteiger partial charge in [-0.05, 0) is 48.7 Å². The second-order valence-corrected chi connectivity index (χ2v) is 7.84. The molecule has 0 aliphatic heterocycles. The highest BCUT2D eigenvalue weighted by atomic mass is 35.5. The number of carbonyl (C=O) groups excluding carboxylic acids is 1. The molecule has 8 heteroatoms. The van der Waals surface area contributed by atoms with Crippen molar-refractivity contribution in [1.82, 2.24) is 14.8 Å². The smallest absolute Gasteiger partial charge is 0.234 e. The van der Waals surface area contributed by atoms with E-state index in [0.29, 0.717) is 28.3 Å². The Labute approximate surface area is 179 Å². The molecule has 3 rings (SSSR count). The van der Waals surface area contributed by atoms with E-state index < -0.39 is 0 Å². The van der Waals surface area contributed by atoms with Crippen LogP contribution in [0.4, 0.5) is 5.69 Å². The summed E-state index contributed by atoms with van der Waals surface area (Å²) in [5, 5.41) is 12.5. The molecule has 6 nitrogen and oxygen atoms in total. The molecule has 152 valence electrons. The second kappa shape index (κ2) is 9.80. The van der Waals surface area contributed by atoms with Gasteiger partial charge in [-0.3, -0.25) is 4.79 Å². The third-order valence-electron chi connectivity index (χ3n) is 4.50. The van der Waals surface area contributed by atoms with Crippen molar-refractivity contribution in [2.24, 2.45) is 7.05 Å². The van der Waals surface area contributed by atoms with Gasteiger partial charge in [-0.2, -0.15) is 0 Å². The van der Waals surface area contributed by atoms with Crippen LogP contribution in [0.25, 0.3) is 0 Å². The van der Waals surface area contributed by atoms with Gasteiger partial charge in [-0.15, -0.1) is 10.2 Å². The highest BCUT2D eigenvalue weighted by molar-refractivity contribution is 7.99. The SMILES string of the molecule is CCc1ccc(OCc2nnc(SCC(=O)Nc3cccc(Cl)c3C)n2C)cc1. The van der Waals surface area contributed by atoms with Crippen LogP contribution in [0.2, 0.25) is 5.02 Å². The lowest BCUT2D eigenvalue weighted by atomic mass is 10.2. The minimum Gasteiger partial charge on any atom is -0.486 e. The molecular formula is C21H23ClN4O2S. The van der Waals surface area contributed by atoms with Gasteiger partial charge in [0.1, 0.15) is 12.4 Å². The molecule has 3 aromatic rings. The van der Waals surface area contributed by atoms with Crippen molar-refractivity contribution in [3.05, 3.63) is 64.4 Å². The van der Waals surface area contributed by atoms with Crippen LogP contribution >= 0.6 is 23.4 Å². The molecule has 0 aliphatic rings. The zero-order valence-electron chi connectivity index (χ0n) is 16.6. The number of carbonyl (C=O) groups is 1. The maximum atomic E-state index is 12.3. The number of halogens is 1. The maximum Gasteiger partial charge on any atom is 0.234 e. The van der Waals surface area contributed by atoms with E-state index in [4.69, 9.17) is 16.3 Å². The lowest BCUT2D eigenvalue weighted by Crippen LogP contribution is -2.15. The van der Waals surface area contributed by atoms with Crippen molar-refractivity contribution in [2.75, 3.05) is 11.1 Å². The molecule has 0 saturated heterocycles. The largest absolute Gasteiger partial charge is 0.486 e. The third-order valence-corrected chi connectivity index (χ3v) is 5.93. The fourth-order valence-electron chi connectivity index (χ4n) is 2.62. The first-order valence-electron chi connectivity index (χ1n) is 9.25. The topological polar surface area (TPSA) is 69.0 Å². The summed E-state index contributed by atoms with van der Waals surface area (Å²) in [4.78, 5) is 12.3. The number of hydrogen-bond acceptors (Lipinski definition) is 5. The van der Waals surface area contributed by atoms with Crippen LogP contribution < -0.4 is 10.1 Å². The molecule has 0 atom stereocenters. The predicted molar refractivity (Wildman–Crippen MR) is 117 cm³/mol. The first-order valence-corrected chi connectivity index (χ1v) is 10.6. The van der Waals surface area contributed by atoms with E-state index in [1.54, 1.807) is 6.07 Å². The Kier molecular flexibility index (Phi) is 7.17. The number of nitrogens with one attached hydrogen (secondary N) is 1. The summed E-state index contributed by atoms with van der Waals surface area (Å²) in [5.74, 6) is 1.57. The van der Waals surface area contributed by atoms with Crippen LogP contribution in [-0.2, 0) is 24.9 Å². The van der Waals surface area contributed by atoms with Gasteiger partial charge in [0, 0.05) is 17.8 Å². The number of ether oxygens (including phenoxy) is 1. The van der Waals surface area contributed by atoms with Crippen molar-refractivity contribution >= 4 is 35.0 Å². The Hall–Kier alpha value is -2.51. The molecule has 1 amide bonds. The molecular weight excluding hydrogens is 408 g/mol. The van der Waals surface area contributed by atoms with Crippen LogP contribution in [0.15, 0.2) is 47.6 Å². The number of aryl methyl sites for hydroxylation is 1. The Balaban J connectivity index is 1.53. The fourth-order valence-corrected chi connectivity index (χ4v) is 3.53. The van der Waals surface area contributed by atoms with Gasteiger partial charge in [0.05, 0.1) is 5.75 Å². The summed E-state index contributed by atoms with van der Waals surface area (Å²) in [5.41, 5.74) is 2.82. The minimum absolute atomic E-state index is 0.128. The monoisotopic (exact) mass is 430 g/mol. The molecule has 0 fully saturated rings. The summed E-state index contributed by atoms with van der Waals surface area (Å²) in [7, 11) is 1.86. The van der Waals surface area contributed by atoms with Gasteiger partial charge < -0.3 is 14.6 Å². The average molecular weight is 431 g/mol. The number of benzene rings is 2. The quantitative estimate of drug-likeness (QED) is 0.527. The normalized spacial score (nSPS) is 10.8. The molecule has 1 heterocycles. The summed E-state index contributed by atoms with van der Waals surface area (Å²) >= 11 is 7.41. The second-order valence-electron chi connectivity index (χ2n) is 6.49. The number of rotatable bonds is 8. The Bertz CT molecular complexity index is 989. The van der Waals surface area contributed by atoms with Crippen LogP contribution in [0, 0.1) is 6.92 Å². The van der Waals surface area contributed by atoms with E-state index in [1.165, 1.54) is 17.3 Å². The lowest BCUT2D eigenvalue weighted by molar-refractivity contribution is -0.113. The van der Waals surface area contributed by atoms with Gasteiger partial charge in [0.15, 0.2) is 11.0 Å². The Morgan fingerprint density at radius 3 is 2.69 bits per heavy atom. The lowest BCUT2D eigenvalue weighted by Gasteiger charge is -2.09. The van der Waals surface area contributed by atoms with Crippen molar-refractivity contribution < 1.29 is 9.53 Å². The van der Waals surface area contributed by atoms with Gasteiger partial charge in [0.25, 0.3) is 0 Å². The molecule has 0 saturated carbocycles. The average Bonchev–Trinajstić information content (AvgIpc) is 3.08. The van der Waals surface area contributed by atoms with Crippen LogP contribution in [0.3, 0.4) is 0 Å². The first kappa shape index (κ1) is 21.2. The molecule has 0 bridgehead atoms. The number of anilines is 1. The molecule has 2 aromatic carbocycles. The van der Waals surface area contributed by atoms with E-state index in [1.807, 2.05) is 54.9 Å². The zero-order chi connectivity index (χ0) is 20.8. The summed E-state index contributed by atoms with van der Waals surface area (Å²) in [6.45, 7) is 4.30. The Morgan fingerprint density at radius 2 is 1.97 bits per heavy atom. The molecule has 1 N–H and O–H groups in total. The number of nitrogens with zero attached hydrogens (tertiary/aromatic N) is 3. The third kappa shape index (κ3) is 5.52. The number of thioether (sulfide) groups is 1. The molecule has 29 heavy (non-hydrogen) atoms. The number of aromatic nitrogens is 3. The van der Waals surface area contributed by atoms with Crippen molar-refractivity contribution in [3.8, 4) is 5.75 Å². The summed E-state index contributed by atoms with van der Waals surface area (Å²) in [6, 6.07) is 13.4. The molecule has 1 aromatic heterocycles. The van der Waals surface area contributed by atoms with E-state index >= 15 is 0 Å². The van der Waals surface area contributed by atoms with Gasteiger partial charge in [0.2, 0.25) is 5.91 Å². The van der Waals surface area contributed by atoms with E-state index in [2.05, 4.69) is 22.4 Å². The van der Waals surface area contributed by atoms with E-state index in [-0.39, 0.29) is 11.7 Å². The molecule has 0 spiro atoms. The molecule has 0 unspecified atom stereocenters. The fraction of sp³-hybridized carbons (Fsp3) is 0.286. The van der Waals surface area contributed by atoms with Crippen LogP contribution in [0.1, 0.15) is 23.9 Å².